The summed E-state index contributed by atoms with van der Waals surface area (Å²) in [7, 11) is 0. The summed E-state index contributed by atoms with van der Waals surface area (Å²) in [5.41, 5.74) is 0.985. The van der Waals surface area contributed by atoms with Gasteiger partial charge in [-0.3, -0.25) is 0 Å². The van der Waals surface area contributed by atoms with Crippen LogP contribution in [0.4, 0.5) is 5.95 Å². The monoisotopic (exact) mass is 287 g/mol. The molecule has 0 spiro atoms. The summed E-state index contributed by atoms with van der Waals surface area (Å²) < 4.78 is 1.77. The van der Waals surface area contributed by atoms with Crippen LogP contribution >= 0.6 is 0 Å². The number of rotatable bonds is 5. The molecule has 6 heteroatoms. The molecule has 1 fully saturated rings. The molecule has 1 aliphatic heterocycles. The van der Waals surface area contributed by atoms with Crippen LogP contribution < -0.4 is 10.2 Å². The first-order valence-electron chi connectivity index (χ1n) is 7.80. The molecule has 0 atom stereocenters. The highest BCUT2D eigenvalue weighted by atomic mass is 15.6. The van der Waals surface area contributed by atoms with Crippen LogP contribution in [0.1, 0.15) is 26.2 Å². The van der Waals surface area contributed by atoms with E-state index in [-0.39, 0.29) is 0 Å². The van der Waals surface area contributed by atoms with E-state index in [1.165, 1.54) is 38.9 Å². The molecule has 1 aromatic carbocycles. The third-order valence-corrected chi connectivity index (χ3v) is 4.10. The van der Waals surface area contributed by atoms with E-state index in [9.17, 15) is 0 Å². The lowest BCUT2D eigenvalue weighted by molar-refractivity contribution is -0.905. The van der Waals surface area contributed by atoms with Crippen molar-refractivity contribution in [3.63, 3.8) is 0 Å². The fraction of sp³-hybridized carbons (Fsp3) is 0.533. The van der Waals surface area contributed by atoms with Gasteiger partial charge in [-0.15, -0.1) is 0 Å². The predicted molar refractivity (Wildman–Crippen MR) is 81.7 cm³/mol. The maximum Gasteiger partial charge on any atom is 0.247 e. The molecule has 2 aromatic rings. The Bertz CT molecular complexity index is 544. The molecule has 21 heavy (non-hydrogen) atoms. The van der Waals surface area contributed by atoms with Gasteiger partial charge in [0.1, 0.15) is 0 Å². The minimum atomic E-state index is 0.471. The average Bonchev–Trinajstić information content (AvgIpc) is 2.98. The first-order valence-corrected chi connectivity index (χ1v) is 7.80. The van der Waals surface area contributed by atoms with Crippen LogP contribution in [0.25, 0.3) is 5.69 Å². The SMILES string of the molecule is CCC[NH+]1CCC(Nc2nnnn2-c2ccccc2)CC1. The number of hydrogen-bond acceptors (Lipinski definition) is 4. The lowest BCUT2D eigenvalue weighted by Crippen LogP contribution is -3.13. The molecule has 0 bridgehead atoms. The zero-order valence-corrected chi connectivity index (χ0v) is 12.5. The van der Waals surface area contributed by atoms with E-state index < -0.39 is 0 Å². The minimum Gasteiger partial charge on any atom is -0.350 e. The number of piperidine rings is 1. The van der Waals surface area contributed by atoms with Crippen molar-refractivity contribution in [2.75, 3.05) is 25.0 Å². The molecule has 1 saturated heterocycles. The van der Waals surface area contributed by atoms with Crippen LogP contribution in [0.3, 0.4) is 0 Å². The number of para-hydroxylation sites is 1. The Morgan fingerprint density at radius 2 is 2.00 bits per heavy atom. The van der Waals surface area contributed by atoms with Crippen molar-refractivity contribution in [2.24, 2.45) is 0 Å². The molecule has 0 saturated carbocycles. The highest BCUT2D eigenvalue weighted by Gasteiger charge is 2.23. The van der Waals surface area contributed by atoms with Gasteiger partial charge < -0.3 is 10.2 Å². The van der Waals surface area contributed by atoms with Crippen LogP contribution in [0.15, 0.2) is 30.3 Å². The third-order valence-electron chi connectivity index (χ3n) is 4.10. The first-order chi connectivity index (χ1) is 10.4. The topological polar surface area (TPSA) is 60.1 Å². The molecule has 2 heterocycles. The summed E-state index contributed by atoms with van der Waals surface area (Å²) in [6.45, 7) is 6.01. The van der Waals surface area contributed by atoms with E-state index in [1.54, 1.807) is 9.58 Å². The highest BCUT2D eigenvalue weighted by molar-refractivity contribution is 5.38. The Morgan fingerprint density at radius 3 is 2.71 bits per heavy atom. The summed E-state index contributed by atoms with van der Waals surface area (Å²) in [6.07, 6.45) is 3.62. The minimum absolute atomic E-state index is 0.471. The predicted octanol–water partition coefficient (Wildman–Crippen LogP) is 0.532. The second kappa shape index (κ2) is 6.67. The van der Waals surface area contributed by atoms with Crippen molar-refractivity contribution in [3.05, 3.63) is 30.3 Å². The molecule has 6 nitrogen and oxygen atoms in total. The van der Waals surface area contributed by atoms with Gasteiger partial charge in [0.05, 0.1) is 25.3 Å². The Morgan fingerprint density at radius 1 is 1.24 bits per heavy atom. The van der Waals surface area contributed by atoms with Gasteiger partial charge in [-0.1, -0.05) is 30.2 Å². The number of nitrogens with one attached hydrogen (secondary N) is 2. The lowest BCUT2D eigenvalue weighted by atomic mass is 10.1. The van der Waals surface area contributed by atoms with Crippen LogP contribution in [0.2, 0.25) is 0 Å². The van der Waals surface area contributed by atoms with Gasteiger partial charge in [-0.25, -0.2) is 0 Å². The fourth-order valence-electron chi connectivity index (χ4n) is 2.98. The third kappa shape index (κ3) is 3.39. The Labute approximate surface area is 125 Å². The standard InChI is InChI=1S/C15H22N6/c1-2-10-20-11-8-13(9-12-20)16-15-17-18-19-21(15)14-6-4-3-5-7-14/h3-7,13H,2,8-12H2,1H3,(H,16,17,19)/p+1. The molecule has 1 aromatic heterocycles. The zero-order valence-electron chi connectivity index (χ0n) is 12.5. The molecular weight excluding hydrogens is 264 g/mol. The lowest BCUT2D eigenvalue weighted by Gasteiger charge is -2.29. The maximum absolute atomic E-state index is 4.13. The Hall–Kier alpha value is -1.95. The molecule has 0 aliphatic carbocycles. The highest BCUT2D eigenvalue weighted by Crippen LogP contribution is 2.13. The van der Waals surface area contributed by atoms with E-state index in [2.05, 4.69) is 27.8 Å². The van der Waals surface area contributed by atoms with Gasteiger partial charge in [0.15, 0.2) is 0 Å². The summed E-state index contributed by atoms with van der Waals surface area (Å²) in [5, 5.41) is 15.5. The smallest absolute Gasteiger partial charge is 0.247 e. The number of nitrogens with zero attached hydrogens (tertiary/aromatic N) is 4. The van der Waals surface area contributed by atoms with E-state index in [0.717, 1.165) is 11.6 Å². The van der Waals surface area contributed by atoms with Crippen LogP contribution in [-0.2, 0) is 0 Å². The van der Waals surface area contributed by atoms with Crippen molar-refractivity contribution in [2.45, 2.75) is 32.2 Å². The van der Waals surface area contributed by atoms with Gasteiger partial charge >= 0.3 is 0 Å². The van der Waals surface area contributed by atoms with Crippen LogP contribution in [0.5, 0.6) is 0 Å². The van der Waals surface area contributed by atoms with E-state index in [1.807, 2.05) is 30.3 Å². The van der Waals surface area contributed by atoms with Crippen LogP contribution in [-0.4, -0.2) is 45.9 Å². The first kappa shape index (κ1) is 14.0. The number of hydrogen-bond donors (Lipinski definition) is 2. The summed E-state index contributed by atoms with van der Waals surface area (Å²) in [5.74, 6) is 0.741. The van der Waals surface area contributed by atoms with Crippen molar-refractivity contribution in [1.82, 2.24) is 20.2 Å². The summed E-state index contributed by atoms with van der Waals surface area (Å²) >= 11 is 0. The van der Waals surface area contributed by atoms with Gasteiger partial charge in [-0.2, -0.15) is 4.68 Å². The van der Waals surface area contributed by atoms with Crippen molar-refractivity contribution in [1.29, 1.82) is 0 Å². The normalized spacial score (nSPS) is 22.1. The van der Waals surface area contributed by atoms with Gasteiger partial charge in [-0.05, 0) is 29.0 Å². The second-order valence-electron chi connectivity index (χ2n) is 5.67. The molecule has 112 valence electrons. The fourth-order valence-corrected chi connectivity index (χ4v) is 2.98. The van der Waals surface area contributed by atoms with Crippen molar-refractivity contribution < 1.29 is 4.90 Å². The summed E-state index contributed by atoms with van der Waals surface area (Å²) in [6, 6.07) is 10.5. The molecule has 0 unspecified atom stereocenters. The maximum atomic E-state index is 4.13. The van der Waals surface area contributed by atoms with E-state index in [0.29, 0.717) is 6.04 Å². The van der Waals surface area contributed by atoms with Gasteiger partial charge in [0.2, 0.25) is 5.95 Å². The second-order valence-corrected chi connectivity index (χ2v) is 5.67. The number of aromatic nitrogens is 4. The summed E-state index contributed by atoms with van der Waals surface area (Å²) in [4.78, 5) is 1.72. The number of anilines is 1. The number of quaternary nitrogens is 1. The Kier molecular flexibility index (Phi) is 4.45. The van der Waals surface area contributed by atoms with Crippen LogP contribution in [0, 0.1) is 0 Å². The van der Waals surface area contributed by atoms with Crippen molar-refractivity contribution >= 4 is 5.95 Å². The molecule has 2 N–H and O–H groups in total. The quantitative estimate of drug-likeness (QED) is 0.842. The molecule has 0 amide bonds. The van der Waals surface area contributed by atoms with Gasteiger partial charge in [0, 0.05) is 18.9 Å². The molecular formula is C15H23N6+. The average molecular weight is 287 g/mol. The number of benzene rings is 1. The van der Waals surface area contributed by atoms with E-state index >= 15 is 0 Å². The largest absolute Gasteiger partial charge is 0.350 e. The molecule has 0 radical (unpaired) electrons. The zero-order chi connectivity index (χ0) is 14.5. The molecule has 3 rings (SSSR count). The number of tetrazole rings is 1. The Balaban J connectivity index is 1.63. The number of likely N-dealkylation sites (tertiary alicyclic amines) is 1. The van der Waals surface area contributed by atoms with Crippen molar-refractivity contribution in [3.8, 4) is 5.69 Å². The molecule has 1 aliphatic rings. The van der Waals surface area contributed by atoms with E-state index in [4.69, 9.17) is 0 Å². The van der Waals surface area contributed by atoms with Gasteiger partial charge in [0.25, 0.3) is 0 Å².